The molecule has 1 rings (SSSR count). The minimum atomic E-state index is -0.415. The lowest BCUT2D eigenvalue weighted by atomic mass is 10.3. The normalized spacial score (nSPS) is 10.0. The van der Waals surface area contributed by atoms with E-state index in [0.29, 0.717) is 11.4 Å². The maximum atomic E-state index is 11.0. The lowest BCUT2D eigenvalue weighted by Crippen LogP contribution is -2.26. The van der Waals surface area contributed by atoms with E-state index in [-0.39, 0.29) is 6.42 Å². The zero-order valence-corrected chi connectivity index (χ0v) is 10.3. The van der Waals surface area contributed by atoms with Gasteiger partial charge in [-0.15, -0.1) is 11.8 Å². The number of benzene rings is 1. The summed E-state index contributed by atoms with van der Waals surface area (Å²) in [4.78, 5) is 16.3. The van der Waals surface area contributed by atoms with Crippen molar-refractivity contribution in [1.82, 2.24) is 5.59 Å². The van der Waals surface area contributed by atoms with E-state index >= 15 is 0 Å². The Bertz CT molecular complexity index is 387. The highest BCUT2D eigenvalue weighted by Crippen LogP contribution is 2.29. The summed E-state index contributed by atoms with van der Waals surface area (Å²) >= 11 is 1.46. The average Bonchev–Trinajstić information content (AvgIpc) is 2.32. The second-order valence-corrected chi connectivity index (χ2v) is 4.23. The van der Waals surface area contributed by atoms with Gasteiger partial charge >= 0.3 is 5.97 Å². The summed E-state index contributed by atoms with van der Waals surface area (Å²) in [6.07, 6.45) is 0.242. The molecule has 0 amide bonds. The third-order valence-electron chi connectivity index (χ3n) is 1.96. The molecule has 5 N–H and O–H groups in total. The third kappa shape index (κ3) is 4.51. The van der Waals surface area contributed by atoms with Crippen molar-refractivity contribution < 1.29 is 14.4 Å². The number of carbonyl (C=O) groups is 1. The van der Waals surface area contributed by atoms with E-state index in [9.17, 15) is 4.79 Å². The molecule has 1 aromatic rings. The van der Waals surface area contributed by atoms with Gasteiger partial charge in [0.05, 0.1) is 13.5 Å². The van der Waals surface area contributed by atoms with Crippen LogP contribution in [0.4, 0.5) is 5.69 Å². The lowest BCUT2D eigenvalue weighted by Gasteiger charge is -2.07. The predicted octanol–water partition coefficient (Wildman–Crippen LogP) is 0.681. The molecule has 7 heteroatoms. The molecule has 0 bridgehead atoms. The first-order valence-electron chi connectivity index (χ1n) is 4.89. The van der Waals surface area contributed by atoms with Crippen LogP contribution < -0.4 is 21.9 Å². The molecule has 0 saturated carbocycles. The molecule has 1 aromatic carbocycles. The zero-order chi connectivity index (χ0) is 12.7. The Morgan fingerprint density at radius 2 is 2.29 bits per heavy atom. The van der Waals surface area contributed by atoms with E-state index in [1.165, 1.54) is 11.8 Å². The molecule has 0 radical (unpaired) electrons. The average molecular weight is 257 g/mol. The number of ether oxygens (including phenoxy) is 1. The number of nitrogens with two attached hydrogens (primary N) is 2. The number of carbonyl (C=O) groups excluding carboxylic acids is 1. The number of hydrazine groups is 1. The van der Waals surface area contributed by atoms with Gasteiger partial charge in [0.2, 0.25) is 0 Å². The van der Waals surface area contributed by atoms with Crippen molar-refractivity contribution in [3.05, 3.63) is 18.2 Å². The van der Waals surface area contributed by atoms with Crippen LogP contribution in [0.5, 0.6) is 5.75 Å². The highest BCUT2D eigenvalue weighted by molar-refractivity contribution is 7.99. The number of rotatable bonds is 6. The van der Waals surface area contributed by atoms with Gasteiger partial charge < -0.3 is 15.3 Å². The molecule has 0 spiro atoms. The van der Waals surface area contributed by atoms with E-state index in [1.54, 1.807) is 19.2 Å². The van der Waals surface area contributed by atoms with Gasteiger partial charge in [0.25, 0.3) is 0 Å². The molecule has 0 unspecified atom stereocenters. The highest BCUT2D eigenvalue weighted by Gasteiger charge is 2.06. The van der Waals surface area contributed by atoms with Crippen LogP contribution in [0.15, 0.2) is 23.1 Å². The number of hydrogen-bond acceptors (Lipinski definition) is 7. The van der Waals surface area contributed by atoms with Crippen LogP contribution in [0.25, 0.3) is 0 Å². The molecule has 0 atom stereocenters. The maximum absolute atomic E-state index is 11.0. The third-order valence-corrected chi connectivity index (χ3v) is 3.03. The minimum absolute atomic E-state index is 0.242. The van der Waals surface area contributed by atoms with Crippen molar-refractivity contribution in [3.8, 4) is 5.75 Å². The van der Waals surface area contributed by atoms with Crippen molar-refractivity contribution in [2.45, 2.75) is 11.3 Å². The summed E-state index contributed by atoms with van der Waals surface area (Å²) < 4.78 is 5.09. The first kappa shape index (κ1) is 13.6. The number of nitrogens with one attached hydrogen (secondary N) is 1. The lowest BCUT2D eigenvalue weighted by molar-refractivity contribution is -0.150. The van der Waals surface area contributed by atoms with Crippen LogP contribution in [0.3, 0.4) is 0 Å². The second kappa shape index (κ2) is 7.00. The van der Waals surface area contributed by atoms with Gasteiger partial charge in [-0.2, -0.15) is 0 Å². The summed E-state index contributed by atoms with van der Waals surface area (Å²) in [6, 6.07) is 5.37. The number of methoxy groups -OCH3 is 1. The van der Waals surface area contributed by atoms with Crippen molar-refractivity contribution in [2.75, 3.05) is 18.6 Å². The van der Waals surface area contributed by atoms with Gasteiger partial charge in [0.15, 0.2) is 0 Å². The molecule has 0 heterocycles. The molecule has 17 heavy (non-hydrogen) atoms. The predicted molar refractivity (Wildman–Crippen MR) is 66.2 cm³/mol. The first-order chi connectivity index (χ1) is 8.17. The zero-order valence-electron chi connectivity index (χ0n) is 9.43. The SMILES string of the molecule is COc1ccc(N)c(SCCC(=O)ONN)c1. The monoisotopic (exact) mass is 257 g/mol. The summed E-state index contributed by atoms with van der Waals surface area (Å²) in [5, 5.41) is 0. The van der Waals surface area contributed by atoms with Gasteiger partial charge in [0, 0.05) is 16.3 Å². The molecule has 0 aromatic heterocycles. The van der Waals surface area contributed by atoms with Crippen LogP contribution in [0.1, 0.15) is 6.42 Å². The van der Waals surface area contributed by atoms with Crippen LogP contribution in [-0.4, -0.2) is 18.8 Å². The minimum Gasteiger partial charge on any atom is -0.497 e. The molecular weight excluding hydrogens is 242 g/mol. The van der Waals surface area contributed by atoms with Gasteiger partial charge in [-0.05, 0) is 18.2 Å². The fourth-order valence-corrected chi connectivity index (χ4v) is 2.05. The summed E-state index contributed by atoms with van der Waals surface area (Å²) in [5.41, 5.74) is 8.29. The van der Waals surface area contributed by atoms with Crippen LogP contribution in [0.2, 0.25) is 0 Å². The quantitative estimate of drug-likeness (QED) is 0.298. The molecule has 94 valence electrons. The summed E-state index contributed by atoms with van der Waals surface area (Å²) in [5.74, 6) is 5.71. The van der Waals surface area contributed by atoms with Crippen molar-refractivity contribution in [2.24, 2.45) is 5.84 Å². The van der Waals surface area contributed by atoms with E-state index in [0.717, 1.165) is 10.6 Å². The van der Waals surface area contributed by atoms with Crippen molar-refractivity contribution in [3.63, 3.8) is 0 Å². The molecule has 6 nitrogen and oxygen atoms in total. The Kier molecular flexibility index (Phi) is 5.61. The molecule has 0 aliphatic heterocycles. The molecule has 0 aliphatic rings. The maximum Gasteiger partial charge on any atom is 0.327 e. The summed E-state index contributed by atoms with van der Waals surface area (Å²) in [7, 11) is 1.59. The fraction of sp³-hybridized carbons (Fsp3) is 0.300. The van der Waals surface area contributed by atoms with Crippen LogP contribution >= 0.6 is 11.8 Å². The Morgan fingerprint density at radius 1 is 1.53 bits per heavy atom. The molecular formula is C10H15N3O3S. The van der Waals surface area contributed by atoms with Gasteiger partial charge in [-0.3, -0.25) is 4.79 Å². The Hall–Kier alpha value is -1.44. The first-order valence-corrected chi connectivity index (χ1v) is 5.87. The number of nitrogen functional groups attached to an aromatic ring is 1. The largest absolute Gasteiger partial charge is 0.497 e. The van der Waals surface area contributed by atoms with Crippen molar-refractivity contribution in [1.29, 1.82) is 0 Å². The second-order valence-electron chi connectivity index (χ2n) is 3.09. The van der Waals surface area contributed by atoms with Crippen LogP contribution in [-0.2, 0) is 9.63 Å². The fourth-order valence-electron chi connectivity index (χ4n) is 1.13. The van der Waals surface area contributed by atoms with Gasteiger partial charge in [-0.25, -0.2) is 5.84 Å². The molecule has 0 saturated heterocycles. The summed E-state index contributed by atoms with van der Waals surface area (Å²) in [6.45, 7) is 0. The van der Waals surface area contributed by atoms with E-state index in [2.05, 4.69) is 4.84 Å². The smallest absolute Gasteiger partial charge is 0.327 e. The molecule has 0 fully saturated rings. The number of hydrogen-bond donors (Lipinski definition) is 3. The van der Waals surface area contributed by atoms with E-state index in [4.69, 9.17) is 16.3 Å². The Balaban J connectivity index is 2.48. The van der Waals surface area contributed by atoms with E-state index in [1.807, 2.05) is 11.7 Å². The molecule has 0 aliphatic carbocycles. The number of thioether (sulfide) groups is 1. The highest BCUT2D eigenvalue weighted by atomic mass is 32.2. The topological polar surface area (TPSA) is 99.6 Å². The van der Waals surface area contributed by atoms with Crippen LogP contribution in [0, 0.1) is 0 Å². The van der Waals surface area contributed by atoms with Gasteiger partial charge in [0.1, 0.15) is 5.75 Å². The number of anilines is 1. The van der Waals surface area contributed by atoms with E-state index < -0.39 is 5.97 Å². The van der Waals surface area contributed by atoms with Crippen molar-refractivity contribution >= 4 is 23.4 Å². The standard InChI is InChI=1S/C10H15N3O3S/c1-15-7-2-3-8(11)9(6-7)17-5-4-10(14)16-13-12/h2-3,6,13H,4-5,11-12H2,1H3. The van der Waals surface area contributed by atoms with Gasteiger partial charge in [-0.1, -0.05) is 5.59 Å². The Morgan fingerprint density at radius 3 is 2.94 bits per heavy atom. The Labute approximate surface area is 104 Å².